The van der Waals surface area contributed by atoms with Crippen LogP contribution in [-0.4, -0.2) is 35.0 Å². The molecule has 0 saturated carbocycles. The van der Waals surface area contributed by atoms with Gasteiger partial charge in [-0.25, -0.2) is 0 Å². The van der Waals surface area contributed by atoms with Crippen molar-refractivity contribution in [2.75, 3.05) is 13.1 Å². The van der Waals surface area contributed by atoms with Crippen LogP contribution in [0, 0.1) is 0 Å². The summed E-state index contributed by atoms with van der Waals surface area (Å²) in [4.78, 5) is 13.6. The van der Waals surface area contributed by atoms with E-state index in [1.54, 1.807) is 13.0 Å². The highest BCUT2D eigenvalue weighted by Crippen LogP contribution is 2.40. The fourth-order valence-corrected chi connectivity index (χ4v) is 4.72. The Hall–Kier alpha value is -2.01. The van der Waals surface area contributed by atoms with Gasteiger partial charge in [0.2, 0.25) is 5.91 Å². The van der Waals surface area contributed by atoms with Gasteiger partial charge in [-0.15, -0.1) is 0 Å². The van der Waals surface area contributed by atoms with Gasteiger partial charge in [-0.3, -0.25) is 4.79 Å². The van der Waals surface area contributed by atoms with Crippen LogP contribution in [0.4, 0.5) is 0 Å². The summed E-state index contributed by atoms with van der Waals surface area (Å²) in [6, 6.07) is 5.91. The number of fused-ring (bicyclic) bond motifs is 2. The van der Waals surface area contributed by atoms with E-state index in [9.17, 15) is 9.90 Å². The Kier molecular flexibility index (Phi) is 9.89. The number of likely N-dealkylation sites (tertiary alicyclic amines) is 1. The molecule has 1 unspecified atom stereocenters. The molecule has 1 fully saturated rings. The van der Waals surface area contributed by atoms with E-state index >= 15 is 0 Å². The third-order valence-electron chi connectivity index (χ3n) is 5.63. The minimum Gasteiger partial charge on any atom is -0.508 e. The number of hydrogen-bond acceptors (Lipinski definition) is 3. The zero-order chi connectivity index (χ0) is 23.0. The molecular formula is C26H37BrN2O2. The lowest BCUT2D eigenvalue weighted by molar-refractivity contribution is -0.129. The van der Waals surface area contributed by atoms with E-state index in [0.717, 1.165) is 43.3 Å². The molecule has 3 aliphatic rings. The summed E-state index contributed by atoms with van der Waals surface area (Å²) in [5.41, 5.74) is 6.57. The summed E-state index contributed by atoms with van der Waals surface area (Å²) in [5.74, 6) is 0.481. The molecule has 170 valence electrons. The molecule has 1 aromatic carbocycles. The molecule has 4 nitrogen and oxygen atoms in total. The smallest absolute Gasteiger partial charge is 0.219 e. The van der Waals surface area contributed by atoms with E-state index in [0.29, 0.717) is 5.75 Å². The van der Waals surface area contributed by atoms with Crippen LogP contribution >= 0.6 is 15.9 Å². The van der Waals surface area contributed by atoms with Crippen LogP contribution in [0.5, 0.6) is 5.75 Å². The van der Waals surface area contributed by atoms with Crippen molar-refractivity contribution in [2.45, 2.75) is 72.8 Å². The molecule has 2 N–H and O–H groups in total. The van der Waals surface area contributed by atoms with Gasteiger partial charge >= 0.3 is 0 Å². The number of hydrogen-bond donors (Lipinski definition) is 2. The minimum atomic E-state index is 0.156. The summed E-state index contributed by atoms with van der Waals surface area (Å²) in [5, 5.41) is 13.5. The Bertz CT molecular complexity index is 860. The molecule has 0 spiro atoms. The molecule has 31 heavy (non-hydrogen) atoms. The standard InChI is InChI=1S/C21H23BrN2O2.C3H8.C2H6/c1-13(25)24-8-6-14(7-9-24)20-19-5-4-18(26)11-15(19)2-3-16-10-17(22)12-23-21(16)20;1-3-2;1-2/h4-5,10-12,21,23,26H,2-3,6-9H2,1H3;3H2,1-2H3;1-2H3. The van der Waals surface area contributed by atoms with E-state index < -0.39 is 0 Å². The molecule has 2 aliphatic heterocycles. The van der Waals surface area contributed by atoms with E-state index in [1.165, 1.54) is 34.3 Å². The van der Waals surface area contributed by atoms with Crippen LogP contribution in [0.2, 0.25) is 0 Å². The predicted molar refractivity (Wildman–Crippen MR) is 134 cm³/mol. The van der Waals surface area contributed by atoms with Gasteiger partial charge in [-0.05, 0) is 82.1 Å². The van der Waals surface area contributed by atoms with Crippen molar-refractivity contribution in [3.63, 3.8) is 0 Å². The third-order valence-corrected chi connectivity index (χ3v) is 6.08. The van der Waals surface area contributed by atoms with Crippen molar-refractivity contribution in [1.29, 1.82) is 0 Å². The fourth-order valence-electron chi connectivity index (χ4n) is 4.30. The Balaban J connectivity index is 0.000000630. The summed E-state index contributed by atoms with van der Waals surface area (Å²) in [6.07, 6.45) is 9.19. The molecule has 2 heterocycles. The normalized spacial score (nSPS) is 19.7. The number of piperidine rings is 1. The van der Waals surface area contributed by atoms with Gasteiger partial charge in [0.25, 0.3) is 0 Å². The monoisotopic (exact) mass is 488 g/mol. The van der Waals surface area contributed by atoms with Crippen molar-refractivity contribution in [2.24, 2.45) is 0 Å². The lowest BCUT2D eigenvalue weighted by Gasteiger charge is -2.33. The van der Waals surface area contributed by atoms with Gasteiger partial charge in [-0.2, -0.15) is 0 Å². The maximum atomic E-state index is 11.7. The van der Waals surface area contributed by atoms with Crippen LogP contribution in [0.15, 0.2) is 46.1 Å². The number of phenolic OH excluding ortho intramolecular Hbond substituents is 1. The van der Waals surface area contributed by atoms with Crippen molar-refractivity contribution in [1.82, 2.24) is 10.2 Å². The van der Waals surface area contributed by atoms with E-state index in [2.05, 4.69) is 47.2 Å². The summed E-state index contributed by atoms with van der Waals surface area (Å²) < 4.78 is 1.06. The maximum absolute atomic E-state index is 11.7. The molecule has 1 amide bonds. The Labute approximate surface area is 196 Å². The molecule has 1 aliphatic carbocycles. The summed E-state index contributed by atoms with van der Waals surface area (Å²) in [7, 11) is 0. The van der Waals surface area contributed by atoms with Gasteiger partial charge in [0.1, 0.15) is 5.75 Å². The van der Waals surface area contributed by atoms with Crippen LogP contribution in [0.3, 0.4) is 0 Å². The van der Waals surface area contributed by atoms with Crippen LogP contribution in [-0.2, 0) is 11.2 Å². The summed E-state index contributed by atoms with van der Waals surface area (Å²) in [6.45, 7) is 11.5. The lowest BCUT2D eigenvalue weighted by atomic mass is 9.85. The molecule has 1 atom stereocenters. The second-order valence-electron chi connectivity index (χ2n) is 7.92. The number of dihydropyridines is 1. The number of halogens is 1. The van der Waals surface area contributed by atoms with Crippen LogP contribution in [0.1, 0.15) is 71.4 Å². The molecule has 0 bridgehead atoms. The van der Waals surface area contributed by atoms with Gasteiger partial charge in [0.15, 0.2) is 0 Å². The number of nitrogens with one attached hydrogen (secondary N) is 1. The van der Waals surface area contributed by atoms with E-state index in [4.69, 9.17) is 0 Å². The second-order valence-corrected chi connectivity index (χ2v) is 8.84. The second kappa shape index (κ2) is 12.1. The summed E-state index contributed by atoms with van der Waals surface area (Å²) >= 11 is 3.58. The third kappa shape index (κ3) is 6.25. The Morgan fingerprint density at radius 3 is 2.42 bits per heavy atom. The van der Waals surface area contributed by atoms with E-state index in [-0.39, 0.29) is 11.9 Å². The Morgan fingerprint density at radius 2 is 1.81 bits per heavy atom. The van der Waals surface area contributed by atoms with Crippen LogP contribution in [0.25, 0.3) is 5.57 Å². The molecule has 0 radical (unpaired) electrons. The van der Waals surface area contributed by atoms with Gasteiger partial charge in [0.05, 0.1) is 6.04 Å². The molecular weight excluding hydrogens is 452 g/mol. The number of aryl methyl sites for hydroxylation is 1. The average Bonchev–Trinajstić information content (AvgIpc) is 2.92. The number of amides is 1. The predicted octanol–water partition coefficient (Wildman–Crippen LogP) is 6.31. The first-order valence-corrected chi connectivity index (χ1v) is 12.4. The average molecular weight is 489 g/mol. The highest BCUT2D eigenvalue weighted by Gasteiger charge is 2.31. The zero-order valence-corrected chi connectivity index (χ0v) is 21.2. The zero-order valence-electron chi connectivity index (χ0n) is 19.6. The van der Waals surface area contributed by atoms with Crippen molar-refractivity contribution in [3.05, 3.63) is 57.2 Å². The van der Waals surface area contributed by atoms with Gasteiger partial charge in [-0.1, -0.05) is 45.8 Å². The molecule has 1 aromatic rings. The SMILES string of the molecule is CC.CC(=O)N1CCC(=C2c3ccc(O)cc3CCC3=CC(Br)=CNC32)CC1.CCC. The highest BCUT2D eigenvalue weighted by atomic mass is 79.9. The molecule has 1 saturated heterocycles. The lowest BCUT2D eigenvalue weighted by Crippen LogP contribution is -2.36. The number of rotatable bonds is 0. The number of allylic oxidation sites excluding steroid dienone is 2. The van der Waals surface area contributed by atoms with Crippen molar-refractivity contribution < 1.29 is 9.90 Å². The number of nitrogens with zero attached hydrogens (tertiary/aromatic N) is 1. The minimum absolute atomic E-state index is 0.156. The van der Waals surface area contributed by atoms with Gasteiger partial charge < -0.3 is 15.3 Å². The van der Waals surface area contributed by atoms with Gasteiger partial charge in [0, 0.05) is 30.7 Å². The number of carbonyl (C=O) groups excluding carboxylic acids is 1. The largest absolute Gasteiger partial charge is 0.508 e. The molecule has 4 rings (SSSR count). The first-order chi connectivity index (χ1) is 14.9. The number of phenols is 1. The Morgan fingerprint density at radius 1 is 1.16 bits per heavy atom. The number of aromatic hydroxyl groups is 1. The fraction of sp³-hybridized carbons (Fsp3) is 0.500. The first kappa shape index (κ1) is 25.3. The molecule has 5 heteroatoms. The topological polar surface area (TPSA) is 52.6 Å². The highest BCUT2D eigenvalue weighted by molar-refractivity contribution is 9.11. The quantitative estimate of drug-likeness (QED) is 0.449. The van der Waals surface area contributed by atoms with Crippen molar-refractivity contribution >= 4 is 27.4 Å². The van der Waals surface area contributed by atoms with E-state index in [1.807, 2.05) is 31.0 Å². The maximum Gasteiger partial charge on any atom is 0.219 e. The van der Waals surface area contributed by atoms with Crippen LogP contribution < -0.4 is 5.32 Å². The number of benzene rings is 1. The first-order valence-electron chi connectivity index (χ1n) is 11.6. The molecule has 0 aromatic heterocycles. The van der Waals surface area contributed by atoms with Crippen molar-refractivity contribution in [3.8, 4) is 5.75 Å². The number of carbonyl (C=O) groups is 1.